The van der Waals surface area contributed by atoms with Crippen LogP contribution < -0.4 is 5.32 Å². The summed E-state index contributed by atoms with van der Waals surface area (Å²) in [5.41, 5.74) is 1.34. The predicted molar refractivity (Wildman–Crippen MR) is 72.9 cm³/mol. The Morgan fingerprint density at radius 3 is 2.89 bits per heavy atom. The van der Waals surface area contributed by atoms with Crippen molar-refractivity contribution in [2.24, 2.45) is 5.92 Å². The van der Waals surface area contributed by atoms with Crippen molar-refractivity contribution in [1.82, 2.24) is 0 Å². The van der Waals surface area contributed by atoms with Gasteiger partial charge in [-0.25, -0.2) is 0 Å². The minimum absolute atomic E-state index is 0.0241. The third-order valence-corrected chi connectivity index (χ3v) is 3.13. The van der Waals surface area contributed by atoms with Crippen LogP contribution in [0.3, 0.4) is 0 Å². The van der Waals surface area contributed by atoms with Gasteiger partial charge in [0.05, 0.1) is 6.42 Å². The Bertz CT molecular complexity index is 508. The summed E-state index contributed by atoms with van der Waals surface area (Å²) in [6, 6.07) is 6.97. The van der Waals surface area contributed by atoms with Gasteiger partial charge in [-0.1, -0.05) is 24.3 Å². The fraction of sp³-hybridized carbons (Fsp3) is 0.333. The first-order valence-corrected chi connectivity index (χ1v) is 6.41. The summed E-state index contributed by atoms with van der Waals surface area (Å²) in [5.74, 6) is -0.564. The summed E-state index contributed by atoms with van der Waals surface area (Å²) in [4.78, 5) is 22.5. The monoisotopic (exact) mass is 259 g/mol. The first-order chi connectivity index (χ1) is 9.13. The maximum absolute atomic E-state index is 11.8. The van der Waals surface area contributed by atoms with E-state index in [2.05, 4.69) is 17.5 Å². The van der Waals surface area contributed by atoms with Crippen molar-refractivity contribution in [3.8, 4) is 0 Å². The van der Waals surface area contributed by atoms with Crippen LogP contribution in [0, 0.1) is 5.92 Å². The molecule has 0 saturated heterocycles. The average Bonchev–Trinajstić information content (AvgIpc) is 2.81. The maximum atomic E-state index is 11.8. The molecule has 0 bridgehead atoms. The Balaban J connectivity index is 1.92. The lowest BCUT2D eigenvalue weighted by atomic mass is 10.0. The van der Waals surface area contributed by atoms with Crippen LogP contribution in [0.2, 0.25) is 0 Å². The molecule has 19 heavy (non-hydrogen) atoms. The number of hydrogen-bond acceptors (Lipinski definition) is 2. The maximum Gasteiger partial charge on any atom is 0.307 e. The first-order valence-electron chi connectivity index (χ1n) is 6.41. The number of carbonyl (C=O) groups is 2. The molecule has 0 aromatic heterocycles. The standard InChI is InChI=1S/C15H17NO3/c17-14(9-11-4-1-2-5-11)16-13-7-3-6-12(8-13)10-15(18)19/h1,3-4,6-8,11H,2,5,9-10H2,(H,16,17)(H,18,19). The van der Waals surface area contributed by atoms with Crippen LogP contribution in [-0.4, -0.2) is 17.0 Å². The van der Waals surface area contributed by atoms with Crippen LogP contribution in [0.15, 0.2) is 36.4 Å². The molecule has 0 fully saturated rings. The van der Waals surface area contributed by atoms with E-state index < -0.39 is 5.97 Å². The zero-order valence-electron chi connectivity index (χ0n) is 10.6. The number of hydrogen-bond donors (Lipinski definition) is 2. The third kappa shape index (κ3) is 4.25. The molecule has 4 heteroatoms. The molecule has 1 aromatic rings. The van der Waals surface area contributed by atoms with E-state index in [0.29, 0.717) is 23.6 Å². The Morgan fingerprint density at radius 1 is 1.37 bits per heavy atom. The summed E-state index contributed by atoms with van der Waals surface area (Å²) in [6.07, 6.45) is 6.72. The zero-order valence-corrected chi connectivity index (χ0v) is 10.6. The number of rotatable bonds is 5. The summed E-state index contributed by atoms with van der Waals surface area (Å²) >= 11 is 0. The first kappa shape index (κ1) is 13.3. The van der Waals surface area contributed by atoms with E-state index in [4.69, 9.17) is 5.11 Å². The van der Waals surface area contributed by atoms with Gasteiger partial charge in [-0.2, -0.15) is 0 Å². The Morgan fingerprint density at radius 2 is 2.21 bits per heavy atom. The molecular weight excluding hydrogens is 242 g/mol. The van der Waals surface area contributed by atoms with Crippen molar-refractivity contribution >= 4 is 17.6 Å². The number of nitrogens with one attached hydrogen (secondary N) is 1. The summed E-state index contributed by atoms with van der Waals surface area (Å²) in [5, 5.41) is 11.6. The molecule has 2 rings (SSSR count). The van der Waals surface area contributed by atoms with Crippen molar-refractivity contribution in [2.75, 3.05) is 5.32 Å². The second-order valence-corrected chi connectivity index (χ2v) is 4.79. The Hall–Kier alpha value is -2.10. The van der Waals surface area contributed by atoms with Crippen molar-refractivity contribution in [3.05, 3.63) is 42.0 Å². The predicted octanol–water partition coefficient (Wildman–Crippen LogP) is 2.61. The van der Waals surface area contributed by atoms with Crippen molar-refractivity contribution in [2.45, 2.75) is 25.7 Å². The Labute approximate surface area is 112 Å². The smallest absolute Gasteiger partial charge is 0.307 e. The minimum Gasteiger partial charge on any atom is -0.481 e. The molecule has 1 amide bonds. The highest BCUT2D eigenvalue weighted by atomic mass is 16.4. The molecule has 1 aliphatic rings. The molecule has 0 spiro atoms. The average molecular weight is 259 g/mol. The molecule has 0 heterocycles. The van der Waals surface area contributed by atoms with Gasteiger partial charge in [0.25, 0.3) is 0 Å². The second-order valence-electron chi connectivity index (χ2n) is 4.79. The fourth-order valence-electron chi connectivity index (χ4n) is 2.25. The van der Waals surface area contributed by atoms with Gasteiger partial charge < -0.3 is 10.4 Å². The Kier molecular flexibility index (Phi) is 4.34. The minimum atomic E-state index is -0.875. The van der Waals surface area contributed by atoms with Gasteiger partial charge in [-0.3, -0.25) is 9.59 Å². The molecule has 2 N–H and O–H groups in total. The molecule has 1 unspecified atom stereocenters. The number of benzene rings is 1. The van der Waals surface area contributed by atoms with Gasteiger partial charge in [-0.15, -0.1) is 0 Å². The topological polar surface area (TPSA) is 66.4 Å². The number of carbonyl (C=O) groups excluding carboxylic acids is 1. The normalized spacial score (nSPS) is 17.4. The fourth-order valence-corrected chi connectivity index (χ4v) is 2.25. The van der Waals surface area contributed by atoms with Crippen molar-refractivity contribution in [3.63, 3.8) is 0 Å². The summed E-state index contributed by atoms with van der Waals surface area (Å²) in [6.45, 7) is 0. The highest BCUT2D eigenvalue weighted by Gasteiger charge is 2.14. The van der Waals surface area contributed by atoms with E-state index in [1.54, 1.807) is 24.3 Å². The van der Waals surface area contributed by atoms with Gasteiger partial charge in [0, 0.05) is 12.1 Å². The molecule has 1 atom stereocenters. The van der Waals surface area contributed by atoms with E-state index in [1.165, 1.54) is 0 Å². The van der Waals surface area contributed by atoms with Gasteiger partial charge in [0.2, 0.25) is 5.91 Å². The van der Waals surface area contributed by atoms with Gasteiger partial charge in [0.1, 0.15) is 0 Å². The van der Waals surface area contributed by atoms with Crippen LogP contribution in [0.1, 0.15) is 24.8 Å². The quantitative estimate of drug-likeness (QED) is 0.799. The molecule has 0 aliphatic heterocycles. The van der Waals surface area contributed by atoms with Crippen LogP contribution in [0.4, 0.5) is 5.69 Å². The molecule has 1 aromatic carbocycles. The van der Waals surface area contributed by atoms with Crippen LogP contribution >= 0.6 is 0 Å². The van der Waals surface area contributed by atoms with E-state index in [1.807, 2.05) is 0 Å². The number of allylic oxidation sites excluding steroid dienone is 2. The number of aliphatic carboxylic acids is 1. The highest BCUT2D eigenvalue weighted by Crippen LogP contribution is 2.21. The van der Waals surface area contributed by atoms with E-state index in [-0.39, 0.29) is 12.3 Å². The number of carboxylic acids is 1. The zero-order chi connectivity index (χ0) is 13.7. The summed E-state index contributed by atoms with van der Waals surface area (Å²) in [7, 11) is 0. The van der Waals surface area contributed by atoms with E-state index in [9.17, 15) is 9.59 Å². The third-order valence-electron chi connectivity index (χ3n) is 3.13. The van der Waals surface area contributed by atoms with Crippen molar-refractivity contribution in [1.29, 1.82) is 0 Å². The molecular formula is C15H17NO3. The van der Waals surface area contributed by atoms with Crippen LogP contribution in [0.5, 0.6) is 0 Å². The molecule has 0 saturated carbocycles. The lowest BCUT2D eigenvalue weighted by molar-refractivity contribution is -0.136. The van der Waals surface area contributed by atoms with Crippen LogP contribution in [-0.2, 0) is 16.0 Å². The van der Waals surface area contributed by atoms with Gasteiger partial charge >= 0.3 is 5.97 Å². The lowest BCUT2D eigenvalue weighted by Gasteiger charge is -2.09. The molecule has 100 valence electrons. The number of carboxylic acid groups (broad SMARTS) is 1. The number of anilines is 1. The van der Waals surface area contributed by atoms with E-state index in [0.717, 1.165) is 12.8 Å². The second kappa shape index (κ2) is 6.18. The van der Waals surface area contributed by atoms with Gasteiger partial charge in [0.15, 0.2) is 0 Å². The molecule has 4 nitrogen and oxygen atoms in total. The lowest BCUT2D eigenvalue weighted by Crippen LogP contribution is -2.15. The van der Waals surface area contributed by atoms with E-state index >= 15 is 0 Å². The summed E-state index contributed by atoms with van der Waals surface area (Å²) < 4.78 is 0. The molecule has 0 radical (unpaired) electrons. The molecule has 1 aliphatic carbocycles. The van der Waals surface area contributed by atoms with Crippen molar-refractivity contribution < 1.29 is 14.7 Å². The highest BCUT2D eigenvalue weighted by molar-refractivity contribution is 5.91. The SMILES string of the molecule is O=C(O)Cc1cccc(NC(=O)CC2C=CCC2)c1. The number of amides is 1. The van der Waals surface area contributed by atoms with Crippen LogP contribution in [0.25, 0.3) is 0 Å². The van der Waals surface area contributed by atoms with Gasteiger partial charge in [-0.05, 0) is 36.5 Å². The largest absolute Gasteiger partial charge is 0.481 e.